The molecule has 1 N–H and O–H groups in total. The number of carbonyl (C=O) groups is 1. The van der Waals surface area contributed by atoms with E-state index in [0.29, 0.717) is 17.9 Å². The Morgan fingerprint density at radius 2 is 1.97 bits per heavy atom. The maximum atomic E-state index is 14.3. The Balaban J connectivity index is 1.61. The van der Waals surface area contributed by atoms with Gasteiger partial charge in [0.1, 0.15) is 11.6 Å². The Labute approximate surface area is 170 Å². The molecule has 2 aliphatic rings. The minimum Gasteiger partial charge on any atom is -0.315 e. The second-order valence-corrected chi connectivity index (χ2v) is 8.45. The summed E-state index contributed by atoms with van der Waals surface area (Å²) in [4.78, 5) is 17.5. The second kappa shape index (κ2) is 6.13. The molecule has 154 valence electrons. The van der Waals surface area contributed by atoms with Crippen LogP contribution >= 0.6 is 0 Å². The molecule has 1 aromatic carbocycles. The lowest BCUT2D eigenvalue weighted by atomic mass is 9.68. The van der Waals surface area contributed by atoms with Gasteiger partial charge in [0, 0.05) is 0 Å². The Bertz CT molecular complexity index is 1170. The van der Waals surface area contributed by atoms with Crippen LogP contribution in [-0.4, -0.2) is 26.2 Å². The number of anilines is 1. The van der Waals surface area contributed by atoms with Crippen molar-refractivity contribution in [3.8, 4) is 11.3 Å². The Morgan fingerprint density at radius 3 is 2.63 bits per heavy atom. The van der Waals surface area contributed by atoms with Crippen molar-refractivity contribution in [1.82, 2.24) is 20.3 Å². The van der Waals surface area contributed by atoms with E-state index in [1.807, 2.05) is 13.8 Å². The molecule has 1 fully saturated rings. The van der Waals surface area contributed by atoms with Crippen LogP contribution in [0.25, 0.3) is 11.3 Å². The minimum atomic E-state index is -0.950. The molecule has 9 heteroatoms. The molecule has 1 unspecified atom stereocenters. The van der Waals surface area contributed by atoms with Crippen molar-refractivity contribution >= 4 is 11.9 Å². The van der Waals surface area contributed by atoms with Crippen molar-refractivity contribution in [3.05, 3.63) is 53.0 Å². The number of nitrogens with zero attached hydrogens (tertiary/aromatic N) is 4. The molecular weight excluding hydrogens is 392 g/mol. The van der Waals surface area contributed by atoms with Crippen LogP contribution in [0.3, 0.4) is 0 Å². The summed E-state index contributed by atoms with van der Waals surface area (Å²) in [5, 5.41) is 14.8. The first-order chi connectivity index (χ1) is 14.3. The third kappa shape index (κ3) is 2.31. The van der Waals surface area contributed by atoms with Crippen LogP contribution in [0.4, 0.5) is 14.8 Å². The van der Waals surface area contributed by atoms with E-state index in [4.69, 9.17) is 4.52 Å². The number of hydrogen-bond acceptors (Lipinski definition) is 6. The van der Waals surface area contributed by atoms with Gasteiger partial charge in [-0.1, -0.05) is 25.1 Å². The number of benzene rings is 1. The summed E-state index contributed by atoms with van der Waals surface area (Å²) < 4.78 is 33.6. The topological polar surface area (TPSA) is 93.8 Å². The van der Waals surface area contributed by atoms with Gasteiger partial charge in [0.25, 0.3) is 0 Å². The van der Waals surface area contributed by atoms with Crippen molar-refractivity contribution in [1.29, 1.82) is 0 Å². The maximum Gasteiger partial charge on any atom is 0.328 e. The SMILES string of the molecule is Cc1noc(NC(=O)C23CC[C@H](c4cc(-c5c(F)cccc5F)nnc42)C3(C)C)n1. The zero-order valence-electron chi connectivity index (χ0n) is 16.7. The number of aryl methyl sites for hydroxylation is 1. The van der Waals surface area contributed by atoms with Gasteiger partial charge in [-0.2, -0.15) is 10.1 Å². The number of aromatic nitrogens is 4. The van der Waals surface area contributed by atoms with Crippen LogP contribution < -0.4 is 5.32 Å². The lowest BCUT2D eigenvalue weighted by molar-refractivity contribution is -0.124. The summed E-state index contributed by atoms with van der Waals surface area (Å²) in [7, 11) is 0. The molecule has 2 aromatic heterocycles. The van der Waals surface area contributed by atoms with Crippen molar-refractivity contribution in [2.75, 3.05) is 5.32 Å². The van der Waals surface area contributed by atoms with Crippen LogP contribution in [0.2, 0.25) is 0 Å². The van der Waals surface area contributed by atoms with E-state index < -0.39 is 22.5 Å². The van der Waals surface area contributed by atoms with Crippen LogP contribution in [0.5, 0.6) is 0 Å². The molecule has 7 nitrogen and oxygen atoms in total. The van der Waals surface area contributed by atoms with Gasteiger partial charge in [0.15, 0.2) is 5.82 Å². The molecule has 0 aliphatic heterocycles. The Morgan fingerprint density at radius 1 is 1.23 bits per heavy atom. The van der Waals surface area contributed by atoms with Crippen molar-refractivity contribution in [2.24, 2.45) is 5.41 Å². The molecular formula is C21H19F2N5O2. The van der Waals surface area contributed by atoms with Gasteiger partial charge in [0.2, 0.25) is 5.91 Å². The van der Waals surface area contributed by atoms with Crippen molar-refractivity contribution in [2.45, 2.75) is 44.9 Å². The number of halogens is 2. The Kier molecular flexibility index (Phi) is 3.84. The van der Waals surface area contributed by atoms with E-state index in [9.17, 15) is 13.6 Å². The summed E-state index contributed by atoms with van der Waals surface area (Å²) in [5.41, 5.74) is -0.178. The molecule has 30 heavy (non-hydrogen) atoms. The van der Waals surface area contributed by atoms with Crippen molar-refractivity contribution < 1.29 is 18.1 Å². The summed E-state index contributed by atoms with van der Waals surface area (Å²) in [6.07, 6.45) is 1.33. The summed E-state index contributed by atoms with van der Waals surface area (Å²) in [5.74, 6) is -1.28. The normalized spacial score (nSPS) is 23.4. The third-order valence-corrected chi connectivity index (χ3v) is 6.74. The van der Waals surface area contributed by atoms with Crippen molar-refractivity contribution in [3.63, 3.8) is 0 Å². The van der Waals surface area contributed by atoms with Gasteiger partial charge >= 0.3 is 6.01 Å². The lowest BCUT2D eigenvalue weighted by Gasteiger charge is -2.35. The first kappa shape index (κ1) is 18.8. The molecule has 5 rings (SSSR count). The highest BCUT2D eigenvalue weighted by atomic mass is 19.1. The highest BCUT2D eigenvalue weighted by Crippen LogP contribution is 2.67. The summed E-state index contributed by atoms with van der Waals surface area (Å²) in [6.45, 7) is 5.68. The molecule has 1 amide bonds. The highest BCUT2D eigenvalue weighted by molar-refractivity contribution is 6.00. The van der Waals surface area contributed by atoms with E-state index in [0.717, 1.165) is 12.0 Å². The average Bonchev–Trinajstić information content (AvgIpc) is 3.28. The number of hydrogen-bond donors (Lipinski definition) is 1. The smallest absolute Gasteiger partial charge is 0.315 e. The molecule has 3 aromatic rings. The number of rotatable bonds is 3. The first-order valence-electron chi connectivity index (χ1n) is 9.70. The fourth-order valence-electron chi connectivity index (χ4n) is 5.24. The molecule has 0 saturated heterocycles. The number of nitrogens with one attached hydrogen (secondary N) is 1. The number of amides is 1. The van der Waals surface area contributed by atoms with Crippen LogP contribution in [0.15, 0.2) is 28.8 Å². The lowest BCUT2D eigenvalue weighted by Crippen LogP contribution is -2.46. The fourth-order valence-corrected chi connectivity index (χ4v) is 5.24. The largest absolute Gasteiger partial charge is 0.328 e. The van der Waals surface area contributed by atoms with Gasteiger partial charge in [-0.05, 0) is 54.9 Å². The van der Waals surface area contributed by atoms with Crippen LogP contribution in [-0.2, 0) is 10.2 Å². The van der Waals surface area contributed by atoms with E-state index in [2.05, 4.69) is 25.7 Å². The highest BCUT2D eigenvalue weighted by Gasteiger charge is 2.67. The van der Waals surface area contributed by atoms with Gasteiger partial charge in [-0.3, -0.25) is 10.1 Å². The maximum absolute atomic E-state index is 14.3. The average molecular weight is 411 g/mol. The summed E-state index contributed by atoms with van der Waals surface area (Å²) >= 11 is 0. The number of carbonyl (C=O) groups excluding carboxylic acids is 1. The van der Waals surface area contributed by atoms with Crippen LogP contribution in [0, 0.1) is 24.0 Å². The third-order valence-electron chi connectivity index (χ3n) is 6.74. The molecule has 2 heterocycles. The van der Waals surface area contributed by atoms with Gasteiger partial charge in [0.05, 0.1) is 22.4 Å². The molecule has 2 bridgehead atoms. The second-order valence-electron chi connectivity index (χ2n) is 8.45. The first-order valence-corrected chi connectivity index (χ1v) is 9.70. The zero-order valence-corrected chi connectivity index (χ0v) is 16.7. The quantitative estimate of drug-likeness (QED) is 0.702. The summed E-state index contributed by atoms with van der Waals surface area (Å²) in [6, 6.07) is 5.37. The van der Waals surface area contributed by atoms with E-state index in [-0.39, 0.29) is 29.1 Å². The molecule has 2 atom stereocenters. The van der Waals surface area contributed by atoms with E-state index >= 15 is 0 Å². The monoisotopic (exact) mass is 411 g/mol. The van der Waals surface area contributed by atoms with Crippen LogP contribution in [0.1, 0.15) is 49.7 Å². The number of fused-ring (bicyclic) bond motifs is 5. The molecule has 0 spiro atoms. The molecule has 1 saturated carbocycles. The predicted molar refractivity (Wildman–Crippen MR) is 102 cm³/mol. The molecule has 0 radical (unpaired) electrons. The van der Waals surface area contributed by atoms with Gasteiger partial charge in [-0.15, -0.1) is 5.10 Å². The molecule has 2 aliphatic carbocycles. The predicted octanol–water partition coefficient (Wildman–Crippen LogP) is 3.91. The minimum absolute atomic E-state index is 0.00626. The Hall–Kier alpha value is -3.23. The van der Waals surface area contributed by atoms with Gasteiger partial charge in [-0.25, -0.2) is 8.78 Å². The standard InChI is InChI=1S/C21H19F2N5O2/c1-10-24-19(30-28-10)25-18(29)21-8-7-12(20(21,2)3)11-9-15(26-27-17(11)21)16-13(22)5-4-6-14(16)23/h4-6,9,12H,7-8H2,1-3H3,(H,24,25,28,29)/t12-,21?/m1/s1. The van der Waals surface area contributed by atoms with E-state index in [1.54, 1.807) is 13.0 Å². The van der Waals surface area contributed by atoms with Gasteiger partial charge < -0.3 is 4.52 Å². The fraction of sp³-hybridized carbons (Fsp3) is 0.381. The zero-order chi connectivity index (χ0) is 21.3. The van der Waals surface area contributed by atoms with E-state index in [1.165, 1.54) is 18.2 Å².